The molecule has 2 atom stereocenters. The van der Waals surface area contributed by atoms with Crippen LogP contribution in [0.15, 0.2) is 18.2 Å². The van der Waals surface area contributed by atoms with Gasteiger partial charge in [0, 0.05) is 24.1 Å². The van der Waals surface area contributed by atoms with E-state index in [1.807, 2.05) is 12.1 Å². The fourth-order valence-electron chi connectivity index (χ4n) is 2.50. The molecule has 0 bridgehead atoms. The second-order valence-corrected chi connectivity index (χ2v) is 5.59. The molecule has 1 heterocycles. The third-order valence-electron chi connectivity index (χ3n) is 3.26. The van der Waals surface area contributed by atoms with Gasteiger partial charge in [0.25, 0.3) is 0 Å². The maximum Gasteiger partial charge on any atom is 0.124 e. The molecule has 0 aromatic heterocycles. The van der Waals surface area contributed by atoms with Crippen LogP contribution in [0, 0.1) is 0 Å². The van der Waals surface area contributed by atoms with Crippen molar-refractivity contribution in [3.63, 3.8) is 0 Å². The number of hydrogen-bond donors (Lipinski definition) is 1. The smallest absolute Gasteiger partial charge is 0.124 e. The molecular weight excluding hydrogens is 238 g/mol. The summed E-state index contributed by atoms with van der Waals surface area (Å²) in [5, 5.41) is 3.62. The van der Waals surface area contributed by atoms with Gasteiger partial charge < -0.3 is 14.8 Å². The van der Waals surface area contributed by atoms with E-state index in [1.165, 1.54) is 5.56 Å². The predicted molar refractivity (Wildman–Crippen MR) is 77.9 cm³/mol. The minimum Gasteiger partial charge on any atom is -0.494 e. The lowest BCUT2D eigenvalue weighted by molar-refractivity contribution is 0.163. The topological polar surface area (TPSA) is 30.5 Å². The van der Waals surface area contributed by atoms with Gasteiger partial charge in [0.1, 0.15) is 11.5 Å². The van der Waals surface area contributed by atoms with Crippen LogP contribution in [0.25, 0.3) is 0 Å². The Balaban J connectivity index is 2.22. The van der Waals surface area contributed by atoms with Crippen molar-refractivity contribution >= 4 is 0 Å². The van der Waals surface area contributed by atoms with Crippen molar-refractivity contribution in [2.75, 3.05) is 6.61 Å². The third-order valence-corrected chi connectivity index (χ3v) is 3.26. The molecule has 1 aromatic carbocycles. The molecule has 1 aliphatic heterocycles. The fraction of sp³-hybridized carbons (Fsp3) is 0.625. The van der Waals surface area contributed by atoms with Gasteiger partial charge in [-0.15, -0.1) is 0 Å². The molecule has 0 saturated carbocycles. The number of ether oxygens (including phenoxy) is 2. The Hall–Kier alpha value is -1.22. The first kappa shape index (κ1) is 14.2. The van der Waals surface area contributed by atoms with Crippen molar-refractivity contribution in [2.24, 2.45) is 0 Å². The van der Waals surface area contributed by atoms with Gasteiger partial charge in [-0.05, 0) is 31.5 Å². The van der Waals surface area contributed by atoms with Crippen LogP contribution in [0.3, 0.4) is 0 Å². The van der Waals surface area contributed by atoms with Gasteiger partial charge in [-0.1, -0.05) is 20.8 Å². The molecule has 1 aliphatic rings. The normalized spacial score (nSPS) is 21.9. The largest absolute Gasteiger partial charge is 0.494 e. The van der Waals surface area contributed by atoms with Gasteiger partial charge in [-0.2, -0.15) is 0 Å². The summed E-state index contributed by atoms with van der Waals surface area (Å²) >= 11 is 0. The molecule has 19 heavy (non-hydrogen) atoms. The van der Waals surface area contributed by atoms with Crippen LogP contribution >= 0.6 is 0 Å². The SMILES string of the molecule is CCCOc1ccc2c(c1)C(NC(C)C)CC(C)O2. The van der Waals surface area contributed by atoms with E-state index in [2.05, 4.69) is 39.1 Å². The van der Waals surface area contributed by atoms with Crippen LogP contribution in [0.5, 0.6) is 11.5 Å². The lowest BCUT2D eigenvalue weighted by atomic mass is 9.96. The van der Waals surface area contributed by atoms with Crippen molar-refractivity contribution in [1.82, 2.24) is 5.32 Å². The van der Waals surface area contributed by atoms with Gasteiger partial charge in [0.05, 0.1) is 12.7 Å². The molecule has 1 N–H and O–H groups in total. The predicted octanol–water partition coefficient (Wildman–Crippen LogP) is 3.69. The van der Waals surface area contributed by atoms with E-state index in [9.17, 15) is 0 Å². The van der Waals surface area contributed by atoms with Gasteiger partial charge in [0.2, 0.25) is 0 Å². The standard InChI is InChI=1S/C16H25NO2/c1-5-8-18-13-6-7-16-14(10-13)15(17-11(2)3)9-12(4)19-16/h6-7,10-12,15,17H,5,8-9H2,1-4H3. The highest BCUT2D eigenvalue weighted by atomic mass is 16.5. The maximum atomic E-state index is 5.91. The van der Waals surface area contributed by atoms with E-state index in [4.69, 9.17) is 9.47 Å². The Bertz CT molecular complexity index is 417. The first-order chi connectivity index (χ1) is 9.10. The van der Waals surface area contributed by atoms with Gasteiger partial charge in [-0.25, -0.2) is 0 Å². The molecule has 1 aromatic rings. The molecule has 2 rings (SSSR count). The zero-order chi connectivity index (χ0) is 13.8. The zero-order valence-corrected chi connectivity index (χ0v) is 12.4. The number of benzene rings is 1. The number of fused-ring (bicyclic) bond motifs is 1. The molecule has 0 fully saturated rings. The second-order valence-electron chi connectivity index (χ2n) is 5.59. The number of rotatable bonds is 5. The minimum absolute atomic E-state index is 0.256. The van der Waals surface area contributed by atoms with Crippen molar-refractivity contribution in [1.29, 1.82) is 0 Å². The van der Waals surface area contributed by atoms with E-state index in [-0.39, 0.29) is 6.10 Å². The van der Waals surface area contributed by atoms with Crippen LogP contribution in [-0.2, 0) is 0 Å². The van der Waals surface area contributed by atoms with Crippen LogP contribution in [0.4, 0.5) is 0 Å². The fourth-order valence-corrected chi connectivity index (χ4v) is 2.50. The van der Waals surface area contributed by atoms with E-state index in [1.54, 1.807) is 0 Å². The Morgan fingerprint density at radius 3 is 2.89 bits per heavy atom. The summed E-state index contributed by atoms with van der Waals surface area (Å²) in [5.41, 5.74) is 1.22. The van der Waals surface area contributed by atoms with E-state index in [0.29, 0.717) is 12.1 Å². The molecule has 0 aliphatic carbocycles. The summed E-state index contributed by atoms with van der Waals surface area (Å²) in [6.07, 6.45) is 2.28. The van der Waals surface area contributed by atoms with E-state index >= 15 is 0 Å². The van der Waals surface area contributed by atoms with Crippen molar-refractivity contribution < 1.29 is 9.47 Å². The van der Waals surface area contributed by atoms with E-state index in [0.717, 1.165) is 30.9 Å². The third kappa shape index (κ3) is 3.63. The summed E-state index contributed by atoms with van der Waals surface area (Å²) < 4.78 is 11.6. The van der Waals surface area contributed by atoms with Gasteiger partial charge in [-0.3, -0.25) is 0 Å². The van der Waals surface area contributed by atoms with Crippen LogP contribution < -0.4 is 14.8 Å². The average Bonchev–Trinajstić information content (AvgIpc) is 2.35. The first-order valence-electron chi connectivity index (χ1n) is 7.29. The van der Waals surface area contributed by atoms with Crippen molar-refractivity contribution in [3.8, 4) is 11.5 Å². The van der Waals surface area contributed by atoms with E-state index < -0.39 is 0 Å². The quantitative estimate of drug-likeness (QED) is 0.879. The molecule has 0 spiro atoms. The summed E-state index contributed by atoms with van der Waals surface area (Å²) in [6.45, 7) is 9.36. The lowest BCUT2D eigenvalue weighted by Crippen LogP contribution is -2.35. The molecule has 2 unspecified atom stereocenters. The van der Waals surface area contributed by atoms with Crippen LogP contribution in [0.2, 0.25) is 0 Å². The first-order valence-corrected chi connectivity index (χ1v) is 7.29. The second kappa shape index (κ2) is 6.29. The van der Waals surface area contributed by atoms with Crippen molar-refractivity contribution in [2.45, 2.75) is 58.7 Å². The maximum absolute atomic E-state index is 5.91. The number of nitrogens with one attached hydrogen (secondary N) is 1. The summed E-state index contributed by atoms with van der Waals surface area (Å²) in [6, 6.07) is 6.97. The average molecular weight is 263 g/mol. The Labute approximate surface area is 116 Å². The molecule has 0 saturated heterocycles. The van der Waals surface area contributed by atoms with Crippen LogP contribution in [0.1, 0.15) is 52.1 Å². The minimum atomic E-state index is 0.256. The molecule has 0 radical (unpaired) electrons. The summed E-state index contributed by atoms with van der Waals surface area (Å²) in [4.78, 5) is 0. The summed E-state index contributed by atoms with van der Waals surface area (Å²) in [5.74, 6) is 1.93. The molecular formula is C16H25NO2. The van der Waals surface area contributed by atoms with Crippen LogP contribution in [-0.4, -0.2) is 18.8 Å². The molecule has 3 heteroatoms. The van der Waals surface area contributed by atoms with Gasteiger partial charge >= 0.3 is 0 Å². The Morgan fingerprint density at radius 1 is 1.42 bits per heavy atom. The number of hydrogen-bond acceptors (Lipinski definition) is 3. The summed E-state index contributed by atoms with van der Waals surface area (Å²) in [7, 11) is 0. The molecule has 106 valence electrons. The highest BCUT2D eigenvalue weighted by Crippen LogP contribution is 2.37. The Morgan fingerprint density at radius 2 is 2.21 bits per heavy atom. The lowest BCUT2D eigenvalue weighted by Gasteiger charge is -2.32. The van der Waals surface area contributed by atoms with Gasteiger partial charge in [0.15, 0.2) is 0 Å². The van der Waals surface area contributed by atoms with Crippen molar-refractivity contribution in [3.05, 3.63) is 23.8 Å². The Kier molecular flexibility index (Phi) is 4.70. The highest BCUT2D eigenvalue weighted by Gasteiger charge is 2.26. The molecule has 3 nitrogen and oxygen atoms in total. The monoisotopic (exact) mass is 263 g/mol. The molecule has 0 amide bonds. The zero-order valence-electron chi connectivity index (χ0n) is 12.4. The highest BCUT2D eigenvalue weighted by molar-refractivity contribution is 5.43.